The van der Waals surface area contributed by atoms with Gasteiger partial charge in [0.25, 0.3) is 0 Å². The van der Waals surface area contributed by atoms with Crippen molar-refractivity contribution in [2.45, 2.75) is 12.5 Å². The van der Waals surface area contributed by atoms with Gasteiger partial charge in [-0.15, -0.1) is 12.4 Å². The summed E-state index contributed by atoms with van der Waals surface area (Å²) in [5.74, 6) is 0.745. The number of thiol groups is 1. The minimum absolute atomic E-state index is 0. The lowest BCUT2D eigenvalue weighted by atomic mass is 10.1. The second-order valence-electron chi connectivity index (χ2n) is 2.63. The first kappa shape index (κ1) is 11.8. The highest BCUT2D eigenvalue weighted by atomic mass is 35.5. The quantitative estimate of drug-likeness (QED) is 0.722. The highest BCUT2D eigenvalue weighted by Crippen LogP contribution is 2.01. The Morgan fingerprint density at radius 1 is 1.25 bits per heavy atom. The Hall–Kier alpha value is -0.180. The van der Waals surface area contributed by atoms with Gasteiger partial charge in [-0.05, 0) is 12.0 Å². The molecule has 3 heteroatoms. The second-order valence-corrected chi connectivity index (χ2v) is 3.00. The van der Waals surface area contributed by atoms with Crippen molar-refractivity contribution in [2.75, 3.05) is 5.75 Å². The Bertz CT molecular complexity index is 203. The Morgan fingerprint density at radius 3 is 2.33 bits per heavy atom. The van der Waals surface area contributed by atoms with E-state index in [1.165, 1.54) is 5.56 Å². The molecule has 0 fully saturated rings. The summed E-state index contributed by atoms with van der Waals surface area (Å²) in [5.41, 5.74) is 7.01. The van der Waals surface area contributed by atoms with E-state index in [9.17, 15) is 0 Å². The molecule has 1 rings (SSSR count). The molecule has 1 aromatic carbocycles. The molecular weight excluding hydrogens is 190 g/mol. The van der Waals surface area contributed by atoms with E-state index < -0.39 is 0 Å². The van der Waals surface area contributed by atoms with Crippen LogP contribution < -0.4 is 5.73 Å². The van der Waals surface area contributed by atoms with Crippen LogP contribution in [0.1, 0.15) is 5.56 Å². The van der Waals surface area contributed by atoms with Crippen LogP contribution in [0.15, 0.2) is 30.3 Å². The van der Waals surface area contributed by atoms with Gasteiger partial charge in [-0.1, -0.05) is 30.3 Å². The van der Waals surface area contributed by atoms with Crippen LogP contribution in [0.2, 0.25) is 0 Å². The molecule has 68 valence electrons. The van der Waals surface area contributed by atoms with Crippen LogP contribution in [0.4, 0.5) is 0 Å². The van der Waals surface area contributed by atoms with Crippen LogP contribution >= 0.6 is 25.0 Å². The van der Waals surface area contributed by atoms with Gasteiger partial charge in [0.05, 0.1) is 0 Å². The molecule has 1 aromatic rings. The minimum Gasteiger partial charge on any atom is -0.327 e. The number of nitrogens with two attached hydrogens (primary N) is 1. The maximum Gasteiger partial charge on any atom is 0.0168 e. The fourth-order valence-electron chi connectivity index (χ4n) is 0.981. The lowest BCUT2D eigenvalue weighted by molar-refractivity contribution is 0.751. The fourth-order valence-corrected chi connectivity index (χ4v) is 1.11. The molecule has 0 unspecified atom stereocenters. The van der Waals surface area contributed by atoms with E-state index in [1.807, 2.05) is 18.2 Å². The number of rotatable bonds is 3. The van der Waals surface area contributed by atoms with Crippen molar-refractivity contribution in [1.82, 2.24) is 0 Å². The third kappa shape index (κ3) is 4.00. The summed E-state index contributed by atoms with van der Waals surface area (Å²) in [7, 11) is 0. The van der Waals surface area contributed by atoms with Crippen LogP contribution in [-0.4, -0.2) is 11.8 Å². The van der Waals surface area contributed by atoms with Gasteiger partial charge in [0.2, 0.25) is 0 Å². The largest absolute Gasteiger partial charge is 0.327 e. The summed E-state index contributed by atoms with van der Waals surface area (Å²) in [6.07, 6.45) is 0.921. The predicted molar refractivity (Wildman–Crippen MR) is 59.2 cm³/mol. The molecule has 0 aliphatic heterocycles. The van der Waals surface area contributed by atoms with E-state index in [4.69, 9.17) is 5.73 Å². The Balaban J connectivity index is 0.00000121. The summed E-state index contributed by atoms with van der Waals surface area (Å²) >= 11 is 4.12. The highest BCUT2D eigenvalue weighted by molar-refractivity contribution is 7.80. The Morgan fingerprint density at radius 2 is 1.83 bits per heavy atom. The van der Waals surface area contributed by atoms with Crippen molar-refractivity contribution in [2.24, 2.45) is 5.73 Å². The van der Waals surface area contributed by atoms with Gasteiger partial charge in [-0.2, -0.15) is 12.6 Å². The zero-order chi connectivity index (χ0) is 8.10. The van der Waals surface area contributed by atoms with Gasteiger partial charge in [0, 0.05) is 11.8 Å². The summed E-state index contributed by atoms with van der Waals surface area (Å²) in [6.45, 7) is 0. The van der Waals surface area contributed by atoms with E-state index in [1.54, 1.807) is 0 Å². The average molecular weight is 204 g/mol. The summed E-state index contributed by atoms with van der Waals surface area (Å²) in [6, 6.07) is 10.4. The number of halogens is 1. The zero-order valence-electron chi connectivity index (χ0n) is 6.81. The lowest BCUT2D eigenvalue weighted by Gasteiger charge is -2.06. The minimum atomic E-state index is 0. The molecule has 12 heavy (non-hydrogen) atoms. The monoisotopic (exact) mass is 203 g/mol. The molecule has 0 aliphatic rings. The van der Waals surface area contributed by atoms with Crippen LogP contribution in [0.5, 0.6) is 0 Å². The van der Waals surface area contributed by atoms with Crippen molar-refractivity contribution in [3.8, 4) is 0 Å². The first-order valence-electron chi connectivity index (χ1n) is 3.73. The maximum atomic E-state index is 5.73. The summed E-state index contributed by atoms with van der Waals surface area (Å²) < 4.78 is 0. The lowest BCUT2D eigenvalue weighted by Crippen LogP contribution is -2.24. The molecule has 2 N–H and O–H groups in total. The number of hydrogen-bond acceptors (Lipinski definition) is 2. The van der Waals surface area contributed by atoms with E-state index in [0.717, 1.165) is 12.2 Å². The van der Waals surface area contributed by atoms with Gasteiger partial charge < -0.3 is 5.73 Å². The molecule has 0 radical (unpaired) electrons. The number of hydrogen-bond donors (Lipinski definition) is 2. The highest BCUT2D eigenvalue weighted by Gasteiger charge is 1.99. The third-order valence-corrected chi connectivity index (χ3v) is 2.04. The normalized spacial score (nSPS) is 11.8. The van der Waals surface area contributed by atoms with E-state index in [2.05, 4.69) is 24.8 Å². The second kappa shape index (κ2) is 6.35. The van der Waals surface area contributed by atoms with Crippen molar-refractivity contribution in [3.63, 3.8) is 0 Å². The topological polar surface area (TPSA) is 26.0 Å². The van der Waals surface area contributed by atoms with Crippen molar-refractivity contribution in [1.29, 1.82) is 0 Å². The maximum absolute atomic E-state index is 5.73. The molecule has 0 aliphatic carbocycles. The molecule has 0 bridgehead atoms. The van der Waals surface area contributed by atoms with Crippen molar-refractivity contribution < 1.29 is 0 Å². The average Bonchev–Trinajstić information content (AvgIpc) is 2.06. The van der Waals surface area contributed by atoms with Gasteiger partial charge in [0.1, 0.15) is 0 Å². The molecule has 0 heterocycles. The molecule has 0 saturated carbocycles. The van der Waals surface area contributed by atoms with Gasteiger partial charge in [-0.25, -0.2) is 0 Å². The zero-order valence-corrected chi connectivity index (χ0v) is 8.52. The van der Waals surface area contributed by atoms with E-state index in [0.29, 0.717) is 0 Å². The third-order valence-electron chi connectivity index (χ3n) is 1.58. The molecule has 0 amide bonds. The van der Waals surface area contributed by atoms with E-state index >= 15 is 0 Å². The van der Waals surface area contributed by atoms with Crippen LogP contribution in [0.25, 0.3) is 0 Å². The van der Waals surface area contributed by atoms with Gasteiger partial charge >= 0.3 is 0 Å². The summed E-state index contributed by atoms with van der Waals surface area (Å²) in [5, 5.41) is 0. The first-order chi connectivity index (χ1) is 5.33. The molecule has 1 atom stereocenters. The van der Waals surface area contributed by atoms with Crippen molar-refractivity contribution >= 4 is 25.0 Å². The predicted octanol–water partition coefficient (Wildman–Crippen LogP) is 1.91. The van der Waals surface area contributed by atoms with Gasteiger partial charge in [-0.3, -0.25) is 0 Å². The standard InChI is InChI=1S/C9H13NS.ClH/c10-9(7-11)6-8-4-2-1-3-5-8;/h1-5,9,11H,6-7,10H2;1H/t9-;/m0./s1. The Kier molecular flexibility index (Phi) is 6.25. The first-order valence-corrected chi connectivity index (χ1v) is 4.36. The molecule has 0 aromatic heterocycles. The van der Waals surface area contributed by atoms with Crippen LogP contribution in [-0.2, 0) is 6.42 Å². The smallest absolute Gasteiger partial charge is 0.0168 e. The van der Waals surface area contributed by atoms with Crippen LogP contribution in [0, 0.1) is 0 Å². The molecule has 0 spiro atoms. The van der Waals surface area contributed by atoms with Crippen molar-refractivity contribution in [3.05, 3.63) is 35.9 Å². The molecule has 0 saturated heterocycles. The SMILES string of the molecule is Cl.N[C@H](CS)Cc1ccccc1. The number of benzene rings is 1. The van der Waals surface area contributed by atoms with Gasteiger partial charge in [0.15, 0.2) is 0 Å². The molecular formula is C9H14ClNS. The fraction of sp³-hybridized carbons (Fsp3) is 0.333. The summed E-state index contributed by atoms with van der Waals surface area (Å²) in [4.78, 5) is 0. The Labute approximate surface area is 85.2 Å². The van der Waals surface area contributed by atoms with E-state index in [-0.39, 0.29) is 18.4 Å². The molecule has 1 nitrogen and oxygen atoms in total. The van der Waals surface area contributed by atoms with Crippen LogP contribution in [0.3, 0.4) is 0 Å².